The maximum atomic E-state index is 12.6. The first kappa shape index (κ1) is 18.5. The number of carbonyl (C=O) groups excluding carboxylic acids is 1. The number of likely N-dealkylation sites (tertiary alicyclic amines) is 1. The molecule has 0 spiro atoms. The lowest BCUT2D eigenvalue weighted by Crippen LogP contribution is -2.68. The van der Waals surface area contributed by atoms with Crippen molar-refractivity contribution in [2.75, 3.05) is 27.2 Å². The second-order valence-electron chi connectivity index (χ2n) is 7.69. The number of nitrogens with zero attached hydrogens (tertiary/aromatic N) is 2. The number of nitrogens with one attached hydrogen (secondary N) is 1. The fourth-order valence-electron chi connectivity index (χ4n) is 4.66. The van der Waals surface area contributed by atoms with Gasteiger partial charge in [0.2, 0.25) is 0 Å². The quantitative estimate of drug-likeness (QED) is 0.754. The number of aromatic hydroxyl groups is 1. The molecule has 142 valence electrons. The van der Waals surface area contributed by atoms with Crippen molar-refractivity contribution in [1.29, 1.82) is 0 Å². The molecular formula is C19H27N3O4. The van der Waals surface area contributed by atoms with Crippen molar-refractivity contribution in [2.24, 2.45) is 0 Å². The van der Waals surface area contributed by atoms with E-state index in [1.807, 2.05) is 12.1 Å². The summed E-state index contributed by atoms with van der Waals surface area (Å²) in [5, 5.41) is 21.5. The number of carboxylic acids is 1. The Kier molecular flexibility index (Phi) is 4.84. The number of hydrogen-bond donors (Lipinski definition) is 3. The summed E-state index contributed by atoms with van der Waals surface area (Å²) in [6, 6.07) is 5.41. The molecule has 0 unspecified atom stereocenters. The molecule has 3 atom stereocenters. The smallest absolute Gasteiger partial charge is 0.317 e. The Morgan fingerprint density at radius 2 is 2.15 bits per heavy atom. The molecular weight excluding hydrogens is 334 g/mol. The van der Waals surface area contributed by atoms with Crippen LogP contribution in [0.15, 0.2) is 18.2 Å². The van der Waals surface area contributed by atoms with Crippen molar-refractivity contribution in [2.45, 2.75) is 43.7 Å². The highest BCUT2D eigenvalue weighted by atomic mass is 16.4. The predicted octanol–water partition coefficient (Wildman–Crippen LogP) is 1.39. The van der Waals surface area contributed by atoms with Crippen LogP contribution in [0.25, 0.3) is 0 Å². The Balaban J connectivity index is 1.90. The van der Waals surface area contributed by atoms with E-state index in [1.165, 1.54) is 5.56 Å². The van der Waals surface area contributed by atoms with Gasteiger partial charge in [0.05, 0.1) is 12.5 Å². The number of phenolic OH excluding ortho intramolecular Hbond substituents is 1. The zero-order chi connectivity index (χ0) is 19.1. The molecule has 3 rings (SSSR count). The summed E-state index contributed by atoms with van der Waals surface area (Å²) in [5.41, 5.74) is 2.07. The number of carbonyl (C=O) groups is 2. The van der Waals surface area contributed by atoms with Gasteiger partial charge in [0.15, 0.2) is 0 Å². The van der Waals surface area contributed by atoms with Crippen LogP contribution < -0.4 is 5.32 Å². The molecule has 1 saturated heterocycles. The van der Waals surface area contributed by atoms with Gasteiger partial charge >= 0.3 is 12.0 Å². The third-order valence-corrected chi connectivity index (χ3v) is 6.06. The monoisotopic (exact) mass is 361 g/mol. The lowest BCUT2D eigenvalue weighted by Gasteiger charge is -2.57. The van der Waals surface area contributed by atoms with E-state index >= 15 is 0 Å². The van der Waals surface area contributed by atoms with Crippen molar-refractivity contribution in [1.82, 2.24) is 15.1 Å². The summed E-state index contributed by atoms with van der Waals surface area (Å²) >= 11 is 0. The van der Waals surface area contributed by atoms with Crippen LogP contribution in [-0.4, -0.2) is 71.3 Å². The molecule has 2 aliphatic rings. The Bertz CT molecular complexity index is 723. The molecule has 3 N–H and O–H groups in total. The predicted molar refractivity (Wildman–Crippen MR) is 97.4 cm³/mol. The summed E-state index contributed by atoms with van der Waals surface area (Å²) in [5.74, 6) is -0.687. The third-order valence-electron chi connectivity index (χ3n) is 6.06. The SMILES string of the molecule is CN1CC[C@]2(C)c3cc(O)ccc3C[C@@H]1[C@H]2N(C)C(=O)NCCC(=O)O. The van der Waals surface area contributed by atoms with Crippen molar-refractivity contribution < 1.29 is 19.8 Å². The average Bonchev–Trinajstić information content (AvgIpc) is 2.58. The normalized spacial score (nSPS) is 27.5. The number of hydrogen-bond acceptors (Lipinski definition) is 4. The lowest BCUT2D eigenvalue weighted by atomic mass is 9.61. The molecule has 1 aliphatic heterocycles. The first-order chi connectivity index (χ1) is 12.2. The second-order valence-corrected chi connectivity index (χ2v) is 7.69. The highest BCUT2D eigenvalue weighted by molar-refractivity contribution is 5.76. The molecule has 7 nitrogen and oxygen atoms in total. The summed E-state index contributed by atoms with van der Waals surface area (Å²) in [6.45, 7) is 3.21. The lowest BCUT2D eigenvalue weighted by molar-refractivity contribution is -0.136. The van der Waals surface area contributed by atoms with Gasteiger partial charge in [-0.05, 0) is 49.7 Å². The Morgan fingerprint density at radius 3 is 2.85 bits per heavy atom. The molecule has 2 amide bonds. The molecule has 1 aromatic carbocycles. The number of carboxylic acid groups (broad SMARTS) is 1. The molecule has 26 heavy (non-hydrogen) atoms. The van der Waals surface area contributed by atoms with Crippen LogP contribution >= 0.6 is 0 Å². The number of aliphatic carboxylic acids is 1. The minimum atomic E-state index is -0.932. The van der Waals surface area contributed by atoms with Crippen LogP contribution in [-0.2, 0) is 16.6 Å². The van der Waals surface area contributed by atoms with E-state index in [0.29, 0.717) is 0 Å². The molecule has 0 saturated carbocycles. The zero-order valence-electron chi connectivity index (χ0n) is 15.5. The molecule has 7 heteroatoms. The number of phenols is 1. The van der Waals surface area contributed by atoms with Crippen LogP contribution in [0.3, 0.4) is 0 Å². The van der Waals surface area contributed by atoms with Gasteiger partial charge in [0, 0.05) is 25.0 Å². The van der Waals surface area contributed by atoms with Crippen molar-refractivity contribution >= 4 is 12.0 Å². The molecule has 1 aromatic rings. The largest absolute Gasteiger partial charge is 0.508 e. The van der Waals surface area contributed by atoms with E-state index < -0.39 is 5.97 Å². The van der Waals surface area contributed by atoms with E-state index in [0.717, 1.165) is 24.9 Å². The summed E-state index contributed by atoms with van der Waals surface area (Å²) in [7, 11) is 3.86. The number of amides is 2. The third kappa shape index (κ3) is 3.11. The standard InChI is InChI=1S/C19H27N3O4/c1-19-7-9-21(2)15(10-12-4-5-13(23)11-14(12)19)17(19)22(3)18(26)20-8-6-16(24)25/h4-5,11,15,17,23H,6-10H2,1-3H3,(H,20,26)(H,24,25)/t15-,17-,19-/m1/s1. The van der Waals surface area contributed by atoms with Crippen molar-refractivity contribution in [3.05, 3.63) is 29.3 Å². The number of fused-ring (bicyclic) bond motifs is 4. The van der Waals surface area contributed by atoms with Crippen molar-refractivity contribution in [3.8, 4) is 5.75 Å². The fraction of sp³-hybridized carbons (Fsp3) is 0.579. The van der Waals surface area contributed by atoms with Gasteiger partial charge in [-0.15, -0.1) is 0 Å². The van der Waals surface area contributed by atoms with E-state index in [2.05, 4.69) is 24.2 Å². The van der Waals surface area contributed by atoms with Gasteiger partial charge in [0.1, 0.15) is 5.75 Å². The van der Waals surface area contributed by atoms with Crippen LogP contribution in [0.5, 0.6) is 5.75 Å². The van der Waals surface area contributed by atoms with E-state index in [9.17, 15) is 14.7 Å². The van der Waals surface area contributed by atoms with Gasteiger partial charge in [0.25, 0.3) is 0 Å². The van der Waals surface area contributed by atoms with Gasteiger partial charge < -0.3 is 25.3 Å². The fourth-order valence-corrected chi connectivity index (χ4v) is 4.66. The zero-order valence-corrected chi connectivity index (χ0v) is 15.5. The first-order valence-corrected chi connectivity index (χ1v) is 8.99. The number of likely N-dealkylation sites (N-methyl/N-ethyl adjacent to an activating group) is 2. The Hall–Kier alpha value is -2.28. The molecule has 1 fully saturated rings. The molecule has 2 bridgehead atoms. The van der Waals surface area contributed by atoms with E-state index in [-0.39, 0.29) is 42.2 Å². The van der Waals surface area contributed by atoms with Crippen LogP contribution in [0, 0.1) is 0 Å². The summed E-state index contributed by atoms with van der Waals surface area (Å²) in [6.07, 6.45) is 1.61. The van der Waals surface area contributed by atoms with Crippen LogP contribution in [0.2, 0.25) is 0 Å². The number of rotatable bonds is 4. The Morgan fingerprint density at radius 1 is 1.42 bits per heavy atom. The van der Waals surface area contributed by atoms with Gasteiger partial charge in [-0.25, -0.2) is 4.79 Å². The maximum Gasteiger partial charge on any atom is 0.317 e. The highest BCUT2D eigenvalue weighted by Crippen LogP contribution is 2.47. The van der Waals surface area contributed by atoms with Gasteiger partial charge in [-0.2, -0.15) is 0 Å². The van der Waals surface area contributed by atoms with Crippen LogP contribution in [0.4, 0.5) is 4.79 Å². The molecule has 1 heterocycles. The minimum Gasteiger partial charge on any atom is -0.508 e. The van der Waals surface area contributed by atoms with Crippen LogP contribution in [0.1, 0.15) is 30.9 Å². The molecule has 0 aromatic heterocycles. The van der Waals surface area contributed by atoms with Gasteiger partial charge in [-0.1, -0.05) is 13.0 Å². The second kappa shape index (κ2) is 6.79. The van der Waals surface area contributed by atoms with Crippen molar-refractivity contribution in [3.63, 3.8) is 0 Å². The first-order valence-electron chi connectivity index (χ1n) is 8.99. The number of benzene rings is 1. The van der Waals surface area contributed by atoms with E-state index in [4.69, 9.17) is 5.11 Å². The topological polar surface area (TPSA) is 93.1 Å². The number of piperidine rings is 1. The minimum absolute atomic E-state index is 0.0552. The Labute approximate surface area is 153 Å². The average molecular weight is 361 g/mol. The maximum absolute atomic E-state index is 12.6. The number of urea groups is 1. The van der Waals surface area contributed by atoms with Gasteiger partial charge in [-0.3, -0.25) is 4.79 Å². The summed E-state index contributed by atoms with van der Waals surface area (Å²) in [4.78, 5) is 27.3. The van der Waals surface area contributed by atoms with E-state index in [1.54, 1.807) is 18.0 Å². The summed E-state index contributed by atoms with van der Waals surface area (Å²) < 4.78 is 0. The molecule has 1 aliphatic carbocycles. The molecule has 0 radical (unpaired) electrons. The highest BCUT2D eigenvalue weighted by Gasteiger charge is 2.52.